The Hall–Kier alpha value is -0.150. The molecule has 0 fully saturated rings. The molecule has 1 nitrogen and oxygen atoms in total. The number of hydrogen-bond acceptors (Lipinski definition) is 1. The Morgan fingerprint density at radius 2 is 2.75 bits per heavy atom. The normalized spacial score (nSPS) is 16.5. The van der Waals surface area contributed by atoms with Gasteiger partial charge in [0.25, 0.3) is 0 Å². The van der Waals surface area contributed by atoms with Crippen molar-refractivity contribution in [1.29, 1.82) is 6.54 Å². The van der Waals surface area contributed by atoms with Crippen LogP contribution in [0, 0.1) is 11.1 Å². The molecular formula is CHFNP. The van der Waals surface area contributed by atoms with Crippen LogP contribution in [0.3, 0.4) is 0 Å². The summed E-state index contributed by atoms with van der Waals surface area (Å²) in [6.45, 7) is 0. The fourth-order valence-electron chi connectivity index (χ4n) is 0. The summed E-state index contributed by atoms with van der Waals surface area (Å²) < 4.78 is 16.7. The summed E-state index contributed by atoms with van der Waals surface area (Å²) in [5, 5.41) is 7.36. The van der Waals surface area contributed by atoms with Gasteiger partial charge in [0.2, 0.25) is 0 Å². The average molecular weight is 78.0 g/mol. The molecule has 0 aliphatic carbocycles. The fourth-order valence-corrected chi connectivity index (χ4v) is 0. The zero-order valence-electron chi connectivity index (χ0n) is 2.77. The van der Waals surface area contributed by atoms with Crippen molar-refractivity contribution in [2.24, 2.45) is 0 Å². The molecule has 4 heavy (non-hydrogen) atoms. The van der Waals surface area contributed by atoms with Crippen LogP contribution in [0.2, 0.25) is 0 Å². The predicted octanol–water partition coefficient (Wildman–Crippen LogP) is 1.03. The standard InChI is InChI=1S/CHFNP/c2-4-1-3/h4H/i4D. The van der Waals surface area contributed by atoms with Gasteiger partial charge in [0.1, 0.15) is 7.09 Å². The van der Waals surface area contributed by atoms with Crippen LogP contribution in [-0.4, -0.2) is 1.28 Å². The zero-order chi connectivity index (χ0) is 4.28. The molecule has 0 aromatic carbocycles. The number of halogens is 1. The molecule has 0 bridgehead atoms. The molecule has 0 aromatic rings. The summed E-state index contributed by atoms with van der Waals surface area (Å²) in [6, 6.07) is 0. The third kappa shape index (κ3) is 1.85. The molecule has 0 radical (unpaired) electrons. The molecule has 0 N–H and O–H groups in total. The Bertz CT molecular complexity index is 57.2. The number of nitrogens with zero attached hydrogens (tertiary/aromatic N) is 1. The van der Waals surface area contributed by atoms with Crippen LogP contribution in [-0.2, 0) is 0 Å². The molecule has 0 spiro atoms. The van der Waals surface area contributed by atoms with Gasteiger partial charge in [-0.25, -0.2) is 4.20 Å². The smallest absolute Gasteiger partial charge is 0.174 e. The van der Waals surface area contributed by atoms with Crippen LogP contribution in [0.4, 0.5) is 4.20 Å². The highest BCUT2D eigenvalue weighted by atomic mass is 31.1. The molecule has 0 amide bonds. The topological polar surface area (TPSA) is 23.8 Å². The molecule has 0 aromatic heterocycles. The average Bonchev–Trinajstić information content (AvgIpc) is 1.38. The second-order valence-electron chi connectivity index (χ2n) is 0.185. The van der Waals surface area contributed by atoms with E-state index in [0.717, 1.165) is 5.81 Å². The third-order valence-electron chi connectivity index (χ3n) is 0.0378. The van der Waals surface area contributed by atoms with Crippen LogP contribution in [0.25, 0.3) is 0 Å². The molecule has 1 unspecified atom stereocenters. The molecule has 22 valence electrons. The van der Waals surface area contributed by atoms with Gasteiger partial charge in [-0.1, -0.05) is 0 Å². The highest BCUT2D eigenvalue weighted by Gasteiger charge is 1.55. The highest BCUT2D eigenvalue weighted by Crippen LogP contribution is 2.02. The summed E-state index contributed by atoms with van der Waals surface area (Å²) in [7, 11) is -2.54. The lowest BCUT2D eigenvalue weighted by Gasteiger charge is -1.43. The van der Waals surface area contributed by atoms with Crippen LogP contribution >= 0.6 is 8.84 Å². The van der Waals surface area contributed by atoms with Crippen LogP contribution < -0.4 is 0 Å². The van der Waals surface area contributed by atoms with Gasteiger partial charge in [0.15, 0.2) is 8.84 Å². The zero-order valence-corrected chi connectivity index (χ0v) is 2.67. The molecule has 0 saturated heterocycles. The van der Waals surface area contributed by atoms with Crippen molar-refractivity contribution < 1.29 is 4.20 Å². The molecular weight excluding hydrogens is 76.0 g/mol. The summed E-state index contributed by atoms with van der Waals surface area (Å²) in [6.07, 6.45) is 0. The lowest BCUT2D eigenvalue weighted by Crippen LogP contribution is -1.08. The quantitative estimate of drug-likeness (QED) is 0.397. The van der Waals surface area contributed by atoms with Crippen molar-refractivity contribution in [3.8, 4) is 5.81 Å². The Morgan fingerprint density at radius 3 is 2.75 bits per heavy atom. The largest absolute Gasteiger partial charge is 0.214 e. The Labute approximate surface area is 26.6 Å². The maximum Gasteiger partial charge on any atom is 0.174 e. The molecule has 3 heteroatoms. The summed E-state index contributed by atoms with van der Waals surface area (Å²) in [5.41, 5.74) is 0. The van der Waals surface area contributed by atoms with E-state index in [4.69, 9.17) is 6.54 Å². The van der Waals surface area contributed by atoms with E-state index in [1.807, 2.05) is 0 Å². The van der Waals surface area contributed by atoms with E-state index in [2.05, 4.69) is 0 Å². The van der Waals surface area contributed by atoms with Gasteiger partial charge in [0, 0.05) is 0 Å². The molecule has 0 aliphatic rings. The van der Waals surface area contributed by atoms with Crippen LogP contribution in [0.1, 0.15) is 0 Å². The van der Waals surface area contributed by atoms with Gasteiger partial charge < -0.3 is 0 Å². The SMILES string of the molecule is [2H]P(F)C#N. The van der Waals surface area contributed by atoms with Crippen molar-refractivity contribution in [2.45, 2.75) is 0 Å². The molecule has 0 heterocycles. The maximum absolute atomic E-state index is 10.8. The Balaban J connectivity index is 2.94. The van der Waals surface area contributed by atoms with E-state index in [1.54, 1.807) is 0 Å². The third-order valence-corrected chi connectivity index (χ3v) is 0.113. The van der Waals surface area contributed by atoms with E-state index in [-0.39, 0.29) is 0 Å². The summed E-state index contributed by atoms with van der Waals surface area (Å²) in [5.74, 6) is 1.09. The molecule has 0 aliphatic heterocycles. The Kier molecular flexibility index (Phi) is 1.50. The molecule has 1 atom stereocenters. The number of nitriles is 1. The van der Waals surface area contributed by atoms with Gasteiger partial charge in [-0.3, -0.25) is 0 Å². The van der Waals surface area contributed by atoms with Gasteiger partial charge in [-0.2, -0.15) is 5.26 Å². The monoisotopic (exact) mass is 78.0 g/mol. The number of hydrogen-bond donors (Lipinski definition) is 0. The van der Waals surface area contributed by atoms with Crippen molar-refractivity contribution in [3.63, 3.8) is 0 Å². The Morgan fingerprint density at radius 1 is 2.50 bits per heavy atom. The van der Waals surface area contributed by atoms with Crippen molar-refractivity contribution in [3.05, 3.63) is 0 Å². The van der Waals surface area contributed by atoms with E-state index in [1.165, 1.54) is 0 Å². The fraction of sp³-hybridized carbons (Fsp3) is 0. The van der Waals surface area contributed by atoms with Crippen molar-refractivity contribution in [1.82, 2.24) is 0 Å². The lowest BCUT2D eigenvalue weighted by atomic mass is 11.8. The molecule has 0 rings (SSSR count). The van der Waals surface area contributed by atoms with Gasteiger partial charge >= 0.3 is 0 Å². The highest BCUT2D eigenvalue weighted by molar-refractivity contribution is 7.37. The second kappa shape index (κ2) is 2.85. The number of rotatable bonds is 0. The minimum absolute atomic E-state index is 1.09. The first-order valence-corrected chi connectivity index (χ1v) is 1.40. The minimum atomic E-state index is -2.54. The lowest BCUT2D eigenvalue weighted by molar-refractivity contribution is 0.929. The van der Waals surface area contributed by atoms with E-state index >= 15 is 0 Å². The summed E-state index contributed by atoms with van der Waals surface area (Å²) in [4.78, 5) is 0. The van der Waals surface area contributed by atoms with Gasteiger partial charge in [-0.15, -0.1) is 0 Å². The summed E-state index contributed by atoms with van der Waals surface area (Å²) >= 11 is 0. The van der Waals surface area contributed by atoms with Gasteiger partial charge in [-0.05, 0) is 0 Å². The van der Waals surface area contributed by atoms with Gasteiger partial charge in [0.05, 0.1) is 0 Å². The van der Waals surface area contributed by atoms with Crippen LogP contribution in [0.5, 0.6) is 0 Å². The molecule has 0 saturated carbocycles. The minimum Gasteiger partial charge on any atom is -0.214 e. The van der Waals surface area contributed by atoms with Crippen molar-refractivity contribution >= 4 is 8.84 Å². The maximum atomic E-state index is 10.8. The first kappa shape index (κ1) is 2.11. The van der Waals surface area contributed by atoms with E-state index < -0.39 is 8.84 Å². The van der Waals surface area contributed by atoms with E-state index in [9.17, 15) is 4.20 Å². The van der Waals surface area contributed by atoms with Crippen LogP contribution in [0.15, 0.2) is 0 Å². The van der Waals surface area contributed by atoms with Crippen molar-refractivity contribution in [2.75, 3.05) is 0 Å². The van der Waals surface area contributed by atoms with E-state index in [0.29, 0.717) is 0 Å². The second-order valence-corrected chi connectivity index (χ2v) is 0.554. The first-order valence-electron chi connectivity index (χ1n) is 1.06. The predicted molar refractivity (Wildman–Crippen MR) is 15.0 cm³/mol. The first-order chi connectivity index (χ1) is 2.27.